The summed E-state index contributed by atoms with van der Waals surface area (Å²) in [5.74, 6) is 0.730. The number of rotatable bonds is 6. The van der Waals surface area contributed by atoms with Gasteiger partial charge in [0.2, 0.25) is 0 Å². The molecule has 0 saturated heterocycles. The van der Waals surface area contributed by atoms with Crippen molar-refractivity contribution in [3.63, 3.8) is 0 Å². The number of fused-ring (bicyclic) bond motifs is 1. The Labute approximate surface area is 106 Å². The Kier molecular flexibility index (Phi) is 4.03. The smallest absolute Gasteiger partial charge is 0.183 e. The highest BCUT2D eigenvalue weighted by Gasteiger charge is 2.11. The Hall–Kier alpha value is -1.76. The molecule has 0 aliphatic heterocycles. The second kappa shape index (κ2) is 5.72. The van der Waals surface area contributed by atoms with E-state index in [1.54, 1.807) is 11.8 Å². The van der Waals surface area contributed by atoms with E-state index in [-0.39, 0.29) is 0 Å². The summed E-state index contributed by atoms with van der Waals surface area (Å²) in [4.78, 5) is 8.43. The van der Waals surface area contributed by atoms with Crippen molar-refractivity contribution in [1.29, 1.82) is 0 Å². The van der Waals surface area contributed by atoms with Crippen molar-refractivity contribution in [2.45, 2.75) is 32.9 Å². The van der Waals surface area contributed by atoms with Crippen molar-refractivity contribution >= 4 is 17.0 Å². The third-order valence-electron chi connectivity index (χ3n) is 2.44. The van der Waals surface area contributed by atoms with E-state index < -0.39 is 0 Å². The molecular weight excluding hydrogens is 232 g/mol. The molecule has 0 bridgehead atoms. The summed E-state index contributed by atoms with van der Waals surface area (Å²) in [5, 5.41) is 11.5. The van der Waals surface area contributed by atoms with Gasteiger partial charge in [0.1, 0.15) is 6.33 Å². The van der Waals surface area contributed by atoms with Crippen LogP contribution in [0.5, 0.6) is 0 Å². The first-order valence-corrected chi connectivity index (χ1v) is 6.02. The largest absolute Gasteiger partial charge is 0.385 e. The van der Waals surface area contributed by atoms with Crippen LogP contribution in [-0.2, 0) is 11.3 Å². The van der Waals surface area contributed by atoms with Crippen molar-refractivity contribution in [3.05, 3.63) is 6.33 Å². The second-order valence-electron chi connectivity index (χ2n) is 4.35. The lowest BCUT2D eigenvalue weighted by molar-refractivity contribution is 0.189. The van der Waals surface area contributed by atoms with Gasteiger partial charge < -0.3 is 10.1 Å². The lowest BCUT2D eigenvalue weighted by Crippen LogP contribution is -2.11. The molecule has 98 valence electrons. The summed E-state index contributed by atoms with van der Waals surface area (Å²) < 4.78 is 6.80. The molecule has 7 nitrogen and oxygen atoms in total. The van der Waals surface area contributed by atoms with Gasteiger partial charge in [-0.2, -0.15) is 0 Å². The Morgan fingerprint density at radius 1 is 1.39 bits per heavy atom. The first-order chi connectivity index (χ1) is 8.72. The predicted octanol–water partition coefficient (Wildman–Crippen LogP) is 1.08. The molecule has 2 aromatic rings. The standard InChI is InChI=1S/C11H18N6O/c1-8(2)14-10-9-11(13-7-12-10)17(16-15-9)5-4-6-18-3/h7-8H,4-6H2,1-3H3,(H,12,13,14). The topological polar surface area (TPSA) is 77.8 Å². The zero-order valence-electron chi connectivity index (χ0n) is 10.9. The number of methoxy groups -OCH3 is 1. The summed E-state index contributed by atoms with van der Waals surface area (Å²) in [5.41, 5.74) is 1.47. The molecule has 1 N–H and O–H groups in total. The molecule has 7 heteroatoms. The van der Waals surface area contributed by atoms with Crippen molar-refractivity contribution in [3.8, 4) is 0 Å². The molecule has 0 saturated carbocycles. The SMILES string of the molecule is COCCCn1nnc2c(NC(C)C)ncnc21. The number of anilines is 1. The van der Waals surface area contributed by atoms with Crippen LogP contribution in [0.1, 0.15) is 20.3 Å². The normalized spacial score (nSPS) is 11.3. The molecule has 0 spiro atoms. The van der Waals surface area contributed by atoms with Crippen LogP contribution in [0.3, 0.4) is 0 Å². The summed E-state index contributed by atoms with van der Waals surface area (Å²) in [6.07, 6.45) is 2.41. The third-order valence-corrected chi connectivity index (χ3v) is 2.44. The zero-order valence-corrected chi connectivity index (χ0v) is 10.9. The summed E-state index contributed by atoms with van der Waals surface area (Å²) in [7, 11) is 1.69. The molecule has 18 heavy (non-hydrogen) atoms. The molecule has 0 aliphatic rings. The van der Waals surface area contributed by atoms with Crippen LogP contribution >= 0.6 is 0 Å². The van der Waals surface area contributed by atoms with Crippen LogP contribution in [-0.4, -0.2) is 44.7 Å². The maximum Gasteiger partial charge on any atom is 0.183 e. The number of nitrogens with zero attached hydrogens (tertiary/aromatic N) is 5. The predicted molar refractivity (Wildman–Crippen MR) is 68.4 cm³/mol. The highest BCUT2D eigenvalue weighted by atomic mass is 16.5. The first kappa shape index (κ1) is 12.7. The van der Waals surface area contributed by atoms with E-state index in [1.165, 1.54) is 6.33 Å². The average Bonchev–Trinajstić information content (AvgIpc) is 2.74. The summed E-state index contributed by atoms with van der Waals surface area (Å²) in [6, 6.07) is 0.293. The van der Waals surface area contributed by atoms with Gasteiger partial charge in [0.05, 0.1) is 0 Å². The van der Waals surface area contributed by atoms with E-state index in [0.717, 1.165) is 24.4 Å². The third kappa shape index (κ3) is 2.73. The van der Waals surface area contributed by atoms with Crippen LogP contribution in [0.25, 0.3) is 11.2 Å². The minimum Gasteiger partial charge on any atom is -0.385 e. The molecule has 2 heterocycles. The molecule has 2 aromatic heterocycles. The fourth-order valence-electron chi connectivity index (χ4n) is 1.68. The molecule has 0 radical (unpaired) electrons. The van der Waals surface area contributed by atoms with Crippen molar-refractivity contribution in [1.82, 2.24) is 25.0 Å². The average molecular weight is 250 g/mol. The summed E-state index contributed by atoms with van der Waals surface area (Å²) in [6.45, 7) is 5.54. The number of ether oxygens (including phenoxy) is 1. The number of aryl methyl sites for hydroxylation is 1. The number of hydrogen-bond acceptors (Lipinski definition) is 6. The molecule has 0 aliphatic carbocycles. The van der Waals surface area contributed by atoms with E-state index in [9.17, 15) is 0 Å². The van der Waals surface area contributed by atoms with E-state index in [1.807, 2.05) is 0 Å². The summed E-state index contributed by atoms with van der Waals surface area (Å²) >= 11 is 0. The van der Waals surface area contributed by atoms with Gasteiger partial charge in [0, 0.05) is 26.3 Å². The zero-order chi connectivity index (χ0) is 13.0. The Balaban J connectivity index is 2.24. The van der Waals surface area contributed by atoms with Crippen molar-refractivity contribution < 1.29 is 4.74 Å². The van der Waals surface area contributed by atoms with Gasteiger partial charge in [0.15, 0.2) is 17.0 Å². The van der Waals surface area contributed by atoms with E-state index in [4.69, 9.17) is 4.74 Å². The van der Waals surface area contributed by atoms with Crippen LogP contribution in [0, 0.1) is 0 Å². The lowest BCUT2D eigenvalue weighted by atomic mass is 10.3. The highest BCUT2D eigenvalue weighted by Crippen LogP contribution is 2.16. The molecule has 0 unspecified atom stereocenters. The van der Waals surface area contributed by atoms with Gasteiger partial charge in [-0.25, -0.2) is 14.6 Å². The maximum absolute atomic E-state index is 5.02. The first-order valence-electron chi connectivity index (χ1n) is 6.02. The van der Waals surface area contributed by atoms with Gasteiger partial charge >= 0.3 is 0 Å². The molecule has 2 rings (SSSR count). The molecular formula is C11H18N6O. The fraction of sp³-hybridized carbons (Fsp3) is 0.636. The van der Waals surface area contributed by atoms with Gasteiger partial charge in [-0.15, -0.1) is 5.10 Å². The minimum atomic E-state index is 0.293. The van der Waals surface area contributed by atoms with Crippen molar-refractivity contribution in [2.75, 3.05) is 19.0 Å². The fourth-order valence-corrected chi connectivity index (χ4v) is 1.68. The van der Waals surface area contributed by atoms with E-state index in [2.05, 4.69) is 39.4 Å². The Morgan fingerprint density at radius 3 is 2.94 bits per heavy atom. The molecule has 0 amide bonds. The number of aromatic nitrogens is 5. The van der Waals surface area contributed by atoms with Gasteiger partial charge in [0.25, 0.3) is 0 Å². The monoisotopic (exact) mass is 250 g/mol. The maximum atomic E-state index is 5.02. The molecule has 0 aromatic carbocycles. The molecule has 0 atom stereocenters. The quantitative estimate of drug-likeness (QED) is 0.773. The Morgan fingerprint density at radius 2 is 2.22 bits per heavy atom. The van der Waals surface area contributed by atoms with Crippen LogP contribution in [0.15, 0.2) is 6.33 Å². The van der Waals surface area contributed by atoms with Crippen LogP contribution < -0.4 is 5.32 Å². The van der Waals surface area contributed by atoms with E-state index in [0.29, 0.717) is 18.2 Å². The van der Waals surface area contributed by atoms with Gasteiger partial charge in [-0.1, -0.05) is 5.21 Å². The second-order valence-corrected chi connectivity index (χ2v) is 4.35. The van der Waals surface area contributed by atoms with Crippen molar-refractivity contribution in [2.24, 2.45) is 0 Å². The number of nitrogens with one attached hydrogen (secondary N) is 1. The lowest BCUT2D eigenvalue weighted by Gasteiger charge is -2.08. The highest BCUT2D eigenvalue weighted by molar-refractivity contribution is 5.81. The Bertz CT molecular complexity index is 509. The van der Waals surface area contributed by atoms with Gasteiger partial charge in [-0.05, 0) is 20.3 Å². The van der Waals surface area contributed by atoms with Crippen LogP contribution in [0.2, 0.25) is 0 Å². The van der Waals surface area contributed by atoms with E-state index >= 15 is 0 Å². The van der Waals surface area contributed by atoms with Gasteiger partial charge in [-0.3, -0.25) is 0 Å². The minimum absolute atomic E-state index is 0.293. The molecule has 0 fully saturated rings. The van der Waals surface area contributed by atoms with Crippen LogP contribution in [0.4, 0.5) is 5.82 Å². The number of hydrogen-bond donors (Lipinski definition) is 1.